The lowest BCUT2D eigenvalue weighted by Gasteiger charge is -2.21. The first kappa shape index (κ1) is 16.6. The minimum atomic E-state index is -0.657. The quantitative estimate of drug-likeness (QED) is 0.857. The van der Waals surface area contributed by atoms with Gasteiger partial charge in [0.1, 0.15) is 11.5 Å². The Morgan fingerprint density at radius 3 is 2.48 bits per heavy atom. The van der Waals surface area contributed by atoms with Crippen LogP contribution in [0.25, 0.3) is 0 Å². The number of carbonyl (C=O) groups excluding carboxylic acids is 2. The third-order valence-electron chi connectivity index (χ3n) is 3.51. The molecule has 3 amide bonds. The predicted molar refractivity (Wildman–Crippen MR) is 86.4 cm³/mol. The first-order valence-electron chi connectivity index (χ1n) is 7.36. The van der Waals surface area contributed by atoms with E-state index in [1.165, 1.54) is 0 Å². The number of furan rings is 1. The van der Waals surface area contributed by atoms with E-state index in [4.69, 9.17) is 10.2 Å². The predicted octanol–water partition coefficient (Wildman–Crippen LogP) is 2.35. The monoisotopic (exact) mass is 315 g/mol. The van der Waals surface area contributed by atoms with Crippen LogP contribution >= 0.6 is 0 Å². The fraction of sp³-hybridized carbons (Fsp3) is 0.294. The summed E-state index contributed by atoms with van der Waals surface area (Å²) in [6, 6.07) is 11.9. The highest BCUT2D eigenvalue weighted by Crippen LogP contribution is 2.18. The van der Waals surface area contributed by atoms with Crippen LogP contribution in [-0.2, 0) is 11.3 Å². The lowest BCUT2D eigenvalue weighted by molar-refractivity contribution is -0.131. The largest absolute Gasteiger partial charge is 0.464 e. The van der Waals surface area contributed by atoms with E-state index in [2.05, 4.69) is 5.32 Å². The molecule has 2 rings (SSSR count). The van der Waals surface area contributed by atoms with Crippen molar-refractivity contribution >= 4 is 11.9 Å². The van der Waals surface area contributed by atoms with Crippen LogP contribution in [0.4, 0.5) is 4.79 Å². The Morgan fingerprint density at radius 2 is 1.91 bits per heavy atom. The van der Waals surface area contributed by atoms with Crippen molar-refractivity contribution in [3.63, 3.8) is 0 Å². The zero-order valence-electron chi connectivity index (χ0n) is 13.3. The van der Waals surface area contributed by atoms with Gasteiger partial charge in [-0.05, 0) is 24.6 Å². The van der Waals surface area contributed by atoms with Crippen LogP contribution in [0.2, 0.25) is 0 Å². The topological polar surface area (TPSA) is 88.6 Å². The molecule has 6 nitrogen and oxygen atoms in total. The van der Waals surface area contributed by atoms with E-state index in [9.17, 15) is 9.59 Å². The number of urea groups is 1. The molecule has 1 aromatic carbocycles. The van der Waals surface area contributed by atoms with Gasteiger partial charge in [-0.3, -0.25) is 4.79 Å². The molecule has 122 valence electrons. The number of benzene rings is 1. The molecule has 1 unspecified atom stereocenters. The van der Waals surface area contributed by atoms with Crippen molar-refractivity contribution in [3.05, 3.63) is 59.5 Å². The molecular formula is C17H21N3O3. The summed E-state index contributed by atoms with van der Waals surface area (Å²) >= 11 is 0. The van der Waals surface area contributed by atoms with Gasteiger partial charge in [0.2, 0.25) is 5.91 Å². The van der Waals surface area contributed by atoms with Gasteiger partial charge in [0, 0.05) is 7.05 Å². The highest BCUT2D eigenvalue weighted by atomic mass is 16.3. The van der Waals surface area contributed by atoms with Gasteiger partial charge in [-0.25, -0.2) is 4.79 Å². The van der Waals surface area contributed by atoms with Gasteiger partial charge >= 0.3 is 6.03 Å². The molecule has 0 aliphatic heterocycles. The number of hydrogen-bond donors (Lipinski definition) is 2. The van der Waals surface area contributed by atoms with Crippen LogP contribution in [0.15, 0.2) is 46.9 Å². The van der Waals surface area contributed by atoms with Crippen molar-refractivity contribution < 1.29 is 14.0 Å². The number of hydrogen-bond acceptors (Lipinski definition) is 3. The van der Waals surface area contributed by atoms with E-state index in [1.807, 2.05) is 49.4 Å². The van der Waals surface area contributed by atoms with Crippen molar-refractivity contribution in [1.82, 2.24) is 10.2 Å². The Balaban J connectivity index is 2.03. The van der Waals surface area contributed by atoms with Crippen molar-refractivity contribution in [2.45, 2.75) is 25.9 Å². The van der Waals surface area contributed by atoms with Gasteiger partial charge in [-0.15, -0.1) is 0 Å². The molecule has 0 aliphatic rings. The van der Waals surface area contributed by atoms with Crippen LogP contribution < -0.4 is 11.1 Å². The zero-order valence-corrected chi connectivity index (χ0v) is 13.3. The zero-order chi connectivity index (χ0) is 16.8. The number of nitrogens with two attached hydrogens (primary N) is 1. The lowest BCUT2D eigenvalue weighted by Crippen LogP contribution is -2.37. The van der Waals surface area contributed by atoms with E-state index < -0.39 is 12.1 Å². The summed E-state index contributed by atoms with van der Waals surface area (Å²) in [5.41, 5.74) is 6.05. The van der Waals surface area contributed by atoms with E-state index in [0.717, 1.165) is 17.1 Å². The Morgan fingerprint density at radius 1 is 1.22 bits per heavy atom. The number of nitrogens with one attached hydrogen (secondary N) is 1. The fourth-order valence-electron chi connectivity index (χ4n) is 2.33. The second-order valence-corrected chi connectivity index (χ2v) is 5.44. The molecule has 6 heteroatoms. The third-order valence-corrected chi connectivity index (χ3v) is 3.51. The van der Waals surface area contributed by atoms with Crippen molar-refractivity contribution in [2.75, 3.05) is 7.05 Å². The average molecular weight is 315 g/mol. The molecule has 23 heavy (non-hydrogen) atoms. The van der Waals surface area contributed by atoms with Crippen LogP contribution in [0.3, 0.4) is 0 Å². The molecule has 0 saturated carbocycles. The molecule has 1 heterocycles. The molecule has 0 saturated heterocycles. The number of carbonyl (C=O) groups is 2. The Labute approximate surface area is 135 Å². The van der Waals surface area contributed by atoms with Gasteiger partial charge < -0.3 is 20.4 Å². The SMILES string of the molecule is Cc1ccc(CN(C)C(=O)CC(NC(N)=O)c2ccccc2)o1. The van der Waals surface area contributed by atoms with Gasteiger partial charge in [0.15, 0.2) is 0 Å². The standard InChI is InChI=1S/C17H21N3O3/c1-12-8-9-14(23-12)11-20(2)16(21)10-15(19-17(18)22)13-6-4-3-5-7-13/h3-9,15H,10-11H2,1-2H3,(H3,18,19,22). The summed E-state index contributed by atoms with van der Waals surface area (Å²) in [6.45, 7) is 2.23. The van der Waals surface area contributed by atoms with Crippen LogP contribution in [0, 0.1) is 6.92 Å². The van der Waals surface area contributed by atoms with Gasteiger partial charge in [-0.1, -0.05) is 30.3 Å². The van der Waals surface area contributed by atoms with Crippen molar-refractivity contribution in [3.8, 4) is 0 Å². The average Bonchev–Trinajstić information content (AvgIpc) is 2.92. The molecule has 0 fully saturated rings. The highest BCUT2D eigenvalue weighted by Gasteiger charge is 2.20. The lowest BCUT2D eigenvalue weighted by atomic mass is 10.0. The fourth-order valence-corrected chi connectivity index (χ4v) is 2.33. The van der Waals surface area contributed by atoms with Crippen molar-refractivity contribution in [2.24, 2.45) is 5.73 Å². The minimum absolute atomic E-state index is 0.110. The molecule has 0 radical (unpaired) electrons. The number of nitrogens with zero attached hydrogens (tertiary/aromatic N) is 1. The number of rotatable bonds is 6. The van der Waals surface area contributed by atoms with Gasteiger partial charge in [0.05, 0.1) is 19.0 Å². The van der Waals surface area contributed by atoms with Gasteiger partial charge in [0.25, 0.3) is 0 Å². The van der Waals surface area contributed by atoms with Crippen LogP contribution in [0.5, 0.6) is 0 Å². The van der Waals surface area contributed by atoms with Crippen molar-refractivity contribution in [1.29, 1.82) is 0 Å². The second-order valence-electron chi connectivity index (χ2n) is 5.44. The summed E-state index contributed by atoms with van der Waals surface area (Å²) in [6.07, 6.45) is 0.128. The molecule has 3 N–H and O–H groups in total. The molecular weight excluding hydrogens is 294 g/mol. The number of aryl methyl sites for hydroxylation is 1. The maximum Gasteiger partial charge on any atom is 0.312 e. The summed E-state index contributed by atoms with van der Waals surface area (Å²) in [4.78, 5) is 25.2. The van der Waals surface area contributed by atoms with Crippen LogP contribution in [0.1, 0.15) is 29.5 Å². The Kier molecular flexibility index (Phi) is 5.41. The Hall–Kier alpha value is -2.76. The third kappa shape index (κ3) is 4.88. The van der Waals surface area contributed by atoms with Gasteiger partial charge in [-0.2, -0.15) is 0 Å². The minimum Gasteiger partial charge on any atom is -0.464 e. The first-order valence-corrected chi connectivity index (χ1v) is 7.36. The maximum atomic E-state index is 12.4. The number of primary amides is 1. The smallest absolute Gasteiger partial charge is 0.312 e. The summed E-state index contributed by atoms with van der Waals surface area (Å²) in [5.74, 6) is 1.41. The van der Waals surface area contributed by atoms with E-state index in [0.29, 0.717) is 6.54 Å². The molecule has 0 bridgehead atoms. The molecule has 1 aromatic heterocycles. The molecule has 0 spiro atoms. The normalized spacial score (nSPS) is 11.7. The first-order chi connectivity index (χ1) is 11.0. The molecule has 2 aromatic rings. The summed E-state index contributed by atoms with van der Waals surface area (Å²) in [5, 5.41) is 2.62. The number of amides is 3. The van der Waals surface area contributed by atoms with E-state index in [1.54, 1.807) is 11.9 Å². The maximum absolute atomic E-state index is 12.4. The second kappa shape index (κ2) is 7.49. The van der Waals surface area contributed by atoms with E-state index >= 15 is 0 Å². The summed E-state index contributed by atoms with van der Waals surface area (Å²) < 4.78 is 5.47. The molecule has 1 atom stereocenters. The summed E-state index contributed by atoms with van der Waals surface area (Å²) in [7, 11) is 1.70. The van der Waals surface area contributed by atoms with E-state index in [-0.39, 0.29) is 12.3 Å². The highest BCUT2D eigenvalue weighted by molar-refractivity contribution is 5.78. The Bertz CT molecular complexity index is 667. The molecule has 0 aliphatic carbocycles. The van der Waals surface area contributed by atoms with Crippen LogP contribution in [-0.4, -0.2) is 23.9 Å².